The Hall–Kier alpha value is -3.77. The number of aromatic nitrogens is 2. The zero-order valence-corrected chi connectivity index (χ0v) is 16.9. The molecule has 0 atom stereocenters. The molecule has 4 aromatic rings. The van der Waals surface area contributed by atoms with Gasteiger partial charge < -0.3 is 9.15 Å². The van der Waals surface area contributed by atoms with Crippen LogP contribution in [-0.4, -0.2) is 16.2 Å². The molecule has 3 aromatic carbocycles. The summed E-state index contributed by atoms with van der Waals surface area (Å²) in [6.45, 7) is -0.197. The Bertz CT molecular complexity index is 1200. The highest BCUT2D eigenvalue weighted by Crippen LogP contribution is 2.23. The molecule has 1 heterocycles. The van der Waals surface area contributed by atoms with E-state index in [4.69, 9.17) is 20.8 Å². The van der Waals surface area contributed by atoms with E-state index in [1.807, 2.05) is 30.3 Å². The summed E-state index contributed by atoms with van der Waals surface area (Å²) in [4.78, 5) is 12.8. The van der Waals surface area contributed by atoms with Crippen LogP contribution in [0, 0.1) is 5.82 Å². The molecule has 0 bridgehead atoms. The fraction of sp³-hybridized carbons (Fsp3) is 0.0417. The van der Waals surface area contributed by atoms with Crippen LogP contribution in [-0.2, 0) is 16.1 Å². The molecule has 0 unspecified atom stereocenters. The van der Waals surface area contributed by atoms with Crippen LogP contribution in [0.25, 0.3) is 23.1 Å². The van der Waals surface area contributed by atoms with Gasteiger partial charge in [0.25, 0.3) is 5.89 Å². The number of ether oxygens (including phenoxy) is 1. The van der Waals surface area contributed by atoms with Crippen molar-refractivity contribution in [3.63, 3.8) is 0 Å². The maximum atomic E-state index is 13.4. The van der Waals surface area contributed by atoms with Crippen LogP contribution >= 0.6 is 11.6 Å². The highest BCUT2D eigenvalue weighted by molar-refractivity contribution is 6.30. The molecule has 0 aliphatic rings. The Morgan fingerprint density at radius 3 is 2.39 bits per heavy atom. The van der Waals surface area contributed by atoms with Crippen molar-refractivity contribution in [2.24, 2.45) is 0 Å². The quantitative estimate of drug-likeness (QED) is 0.217. The molecule has 0 spiro atoms. The first-order valence-electron chi connectivity index (χ1n) is 9.36. The lowest BCUT2D eigenvalue weighted by molar-refractivity contribution is -0.138. The van der Waals surface area contributed by atoms with E-state index in [0.29, 0.717) is 16.5 Å². The summed E-state index contributed by atoms with van der Waals surface area (Å²) < 4.78 is 24.3. The summed E-state index contributed by atoms with van der Waals surface area (Å²) in [6, 6.07) is 21.8. The van der Waals surface area contributed by atoms with E-state index in [0.717, 1.165) is 11.1 Å². The number of hydrogen-bond donors (Lipinski definition) is 0. The molecular weight excluding hydrogens is 419 g/mol. The summed E-state index contributed by atoms with van der Waals surface area (Å²) in [5.74, 6) is -0.512. The molecule has 5 nitrogen and oxygen atoms in total. The van der Waals surface area contributed by atoms with Crippen LogP contribution in [0.5, 0.6) is 0 Å². The first-order chi connectivity index (χ1) is 15.1. The number of esters is 1. The molecule has 0 fully saturated rings. The monoisotopic (exact) mass is 434 g/mol. The summed E-state index contributed by atoms with van der Waals surface area (Å²) in [5.41, 5.74) is 2.27. The van der Waals surface area contributed by atoms with Crippen LogP contribution < -0.4 is 0 Å². The smallest absolute Gasteiger partial charge is 0.339 e. The Labute approximate surface area is 182 Å². The van der Waals surface area contributed by atoms with Gasteiger partial charge >= 0.3 is 5.97 Å². The molecule has 4 rings (SSSR count). The maximum Gasteiger partial charge on any atom is 0.339 e. The minimum atomic E-state index is -0.610. The number of carbonyl (C=O) groups is 1. The van der Waals surface area contributed by atoms with Crippen LogP contribution in [0.1, 0.15) is 17.0 Å². The number of nitrogens with zero attached hydrogens (tertiary/aromatic N) is 2. The molecule has 31 heavy (non-hydrogen) atoms. The molecule has 0 radical (unpaired) electrons. The molecule has 0 N–H and O–H groups in total. The number of halogens is 2. The van der Waals surface area contributed by atoms with Crippen molar-refractivity contribution < 1.29 is 18.3 Å². The molecule has 0 saturated carbocycles. The highest BCUT2D eigenvalue weighted by Gasteiger charge is 2.17. The van der Waals surface area contributed by atoms with Gasteiger partial charge in [-0.15, -0.1) is 10.2 Å². The van der Waals surface area contributed by atoms with Crippen LogP contribution in [0.2, 0.25) is 5.02 Å². The van der Waals surface area contributed by atoms with Crippen molar-refractivity contribution in [3.8, 4) is 11.5 Å². The van der Waals surface area contributed by atoms with E-state index < -0.39 is 11.8 Å². The fourth-order valence-electron chi connectivity index (χ4n) is 2.83. The SMILES string of the molecule is O=C(OCc1nnc(-c2ccccc2)o1)C(=Cc1ccc(Cl)cc1)c1ccc(F)cc1. The van der Waals surface area contributed by atoms with Gasteiger partial charge in [-0.3, -0.25) is 0 Å². The number of carbonyl (C=O) groups excluding carboxylic acids is 1. The molecule has 0 aliphatic carbocycles. The standard InChI is InChI=1S/C24H16ClFN2O3/c25-19-10-6-16(7-11-19)14-21(17-8-12-20(26)13-9-17)24(29)30-15-22-27-28-23(31-22)18-4-2-1-3-5-18/h1-14H,15H2. The zero-order valence-electron chi connectivity index (χ0n) is 16.2. The van der Waals surface area contributed by atoms with Crippen LogP contribution in [0.4, 0.5) is 4.39 Å². The third-order valence-corrected chi connectivity index (χ3v) is 4.62. The molecule has 154 valence electrons. The predicted octanol–water partition coefficient (Wildman–Crippen LogP) is 5.81. The Morgan fingerprint density at radius 1 is 0.968 bits per heavy atom. The summed E-state index contributed by atoms with van der Waals surface area (Å²) in [6.07, 6.45) is 1.65. The molecule has 7 heteroatoms. The molecule has 0 amide bonds. The average Bonchev–Trinajstić information content (AvgIpc) is 3.28. The average molecular weight is 435 g/mol. The third kappa shape index (κ3) is 5.24. The molecule has 0 saturated heterocycles. The van der Waals surface area contributed by atoms with Gasteiger partial charge in [-0.05, 0) is 53.6 Å². The maximum absolute atomic E-state index is 13.4. The van der Waals surface area contributed by atoms with Crippen LogP contribution in [0.3, 0.4) is 0 Å². The van der Waals surface area contributed by atoms with Gasteiger partial charge in [-0.25, -0.2) is 9.18 Å². The molecule has 0 aliphatic heterocycles. The van der Waals surface area contributed by atoms with Gasteiger partial charge in [0.05, 0.1) is 5.57 Å². The normalized spacial score (nSPS) is 11.4. The first kappa shape index (κ1) is 20.5. The predicted molar refractivity (Wildman–Crippen MR) is 115 cm³/mol. The van der Waals surface area contributed by atoms with E-state index in [9.17, 15) is 9.18 Å². The highest BCUT2D eigenvalue weighted by atomic mass is 35.5. The van der Waals surface area contributed by atoms with Crippen molar-refractivity contribution in [1.29, 1.82) is 0 Å². The van der Waals surface area contributed by atoms with E-state index in [1.54, 1.807) is 30.3 Å². The van der Waals surface area contributed by atoms with E-state index >= 15 is 0 Å². The fourth-order valence-corrected chi connectivity index (χ4v) is 2.96. The minimum Gasteiger partial charge on any atom is -0.452 e. The van der Waals surface area contributed by atoms with E-state index in [2.05, 4.69) is 10.2 Å². The van der Waals surface area contributed by atoms with Gasteiger partial charge in [0.15, 0.2) is 6.61 Å². The number of hydrogen-bond acceptors (Lipinski definition) is 5. The van der Waals surface area contributed by atoms with Crippen molar-refractivity contribution in [1.82, 2.24) is 10.2 Å². The summed E-state index contributed by atoms with van der Waals surface area (Å²) in [5, 5.41) is 8.48. The topological polar surface area (TPSA) is 65.2 Å². The lowest BCUT2D eigenvalue weighted by atomic mass is 10.0. The second-order valence-corrected chi connectivity index (χ2v) is 7.00. The van der Waals surface area contributed by atoms with Crippen molar-refractivity contribution in [2.45, 2.75) is 6.61 Å². The van der Waals surface area contributed by atoms with Crippen LogP contribution in [0.15, 0.2) is 83.3 Å². The van der Waals surface area contributed by atoms with Crippen molar-refractivity contribution in [2.75, 3.05) is 0 Å². The van der Waals surface area contributed by atoms with Gasteiger partial charge in [-0.2, -0.15) is 0 Å². The van der Waals surface area contributed by atoms with Crippen molar-refractivity contribution >= 4 is 29.2 Å². The summed E-state index contributed by atoms with van der Waals surface area (Å²) >= 11 is 5.93. The largest absolute Gasteiger partial charge is 0.452 e. The Balaban J connectivity index is 1.54. The lowest BCUT2D eigenvalue weighted by Gasteiger charge is -2.08. The molecular formula is C24H16ClFN2O3. The van der Waals surface area contributed by atoms with Gasteiger partial charge in [0, 0.05) is 10.6 Å². The van der Waals surface area contributed by atoms with Gasteiger partial charge in [0.1, 0.15) is 5.82 Å². The van der Waals surface area contributed by atoms with Gasteiger partial charge in [-0.1, -0.05) is 54.1 Å². The number of benzene rings is 3. The Kier molecular flexibility index (Phi) is 6.19. The van der Waals surface area contributed by atoms with Gasteiger partial charge in [0.2, 0.25) is 5.89 Å². The second-order valence-electron chi connectivity index (χ2n) is 6.56. The first-order valence-corrected chi connectivity index (χ1v) is 9.74. The second kappa shape index (κ2) is 9.36. The van der Waals surface area contributed by atoms with Crippen molar-refractivity contribution in [3.05, 3.63) is 107 Å². The minimum absolute atomic E-state index is 0.164. The third-order valence-electron chi connectivity index (χ3n) is 4.37. The number of rotatable bonds is 6. The van der Waals surface area contributed by atoms with E-state index in [-0.39, 0.29) is 18.1 Å². The lowest BCUT2D eigenvalue weighted by Crippen LogP contribution is -2.07. The molecule has 1 aromatic heterocycles. The zero-order chi connectivity index (χ0) is 21.6. The van der Waals surface area contributed by atoms with E-state index in [1.165, 1.54) is 24.3 Å². The Morgan fingerprint density at radius 2 is 1.68 bits per heavy atom. The summed E-state index contributed by atoms with van der Waals surface area (Å²) in [7, 11) is 0.